The van der Waals surface area contributed by atoms with Crippen molar-refractivity contribution in [3.05, 3.63) is 34.3 Å². The first kappa shape index (κ1) is 16.0. The molecule has 0 heterocycles. The lowest BCUT2D eigenvalue weighted by atomic mass is 9.76. The van der Waals surface area contributed by atoms with Gasteiger partial charge in [0.15, 0.2) is 0 Å². The highest BCUT2D eigenvalue weighted by atomic mass is 79.9. The molecule has 1 aliphatic rings. The molecule has 0 bridgehead atoms. The van der Waals surface area contributed by atoms with Crippen LogP contribution in [0.1, 0.15) is 44.6 Å². The highest BCUT2D eigenvalue weighted by molar-refractivity contribution is 9.10. The van der Waals surface area contributed by atoms with Gasteiger partial charge in [-0.1, -0.05) is 48.0 Å². The molecule has 1 aromatic carbocycles. The van der Waals surface area contributed by atoms with Crippen molar-refractivity contribution < 1.29 is 0 Å². The summed E-state index contributed by atoms with van der Waals surface area (Å²) in [6, 6.07) is 9.37. The number of nitrogens with one attached hydrogen (secondary N) is 1. The summed E-state index contributed by atoms with van der Waals surface area (Å²) in [7, 11) is 0. The molecule has 112 valence electrons. The second kappa shape index (κ2) is 8.16. The predicted octanol–water partition coefficient (Wildman–Crippen LogP) is 4.02. The highest BCUT2D eigenvalue weighted by Crippen LogP contribution is 2.39. The van der Waals surface area contributed by atoms with Gasteiger partial charge >= 0.3 is 0 Å². The molecule has 1 aliphatic carbocycles. The summed E-state index contributed by atoms with van der Waals surface area (Å²) < 4.78 is 1.27. The van der Waals surface area contributed by atoms with Crippen molar-refractivity contribution in [1.82, 2.24) is 10.2 Å². The van der Waals surface area contributed by atoms with Gasteiger partial charge in [0.1, 0.15) is 0 Å². The monoisotopic (exact) mass is 338 g/mol. The first-order chi connectivity index (χ1) is 9.74. The van der Waals surface area contributed by atoms with Crippen LogP contribution in [0, 0.1) is 0 Å². The maximum atomic E-state index is 3.70. The topological polar surface area (TPSA) is 15.3 Å². The average Bonchev–Trinajstić information content (AvgIpc) is 2.42. The van der Waals surface area contributed by atoms with Crippen molar-refractivity contribution >= 4 is 15.9 Å². The molecule has 1 fully saturated rings. The SMILES string of the molecule is CCN(CC)CCCNC1CC(c2ccccc2Br)C1. The number of nitrogens with zero attached hydrogens (tertiary/aromatic N) is 1. The molecule has 0 atom stereocenters. The largest absolute Gasteiger partial charge is 0.314 e. The van der Waals surface area contributed by atoms with Crippen LogP contribution in [0.15, 0.2) is 28.7 Å². The second-order valence-electron chi connectivity index (χ2n) is 5.72. The van der Waals surface area contributed by atoms with E-state index in [0.29, 0.717) is 0 Å². The molecule has 1 saturated carbocycles. The third-order valence-corrected chi connectivity index (χ3v) is 5.18. The van der Waals surface area contributed by atoms with Gasteiger partial charge in [-0.25, -0.2) is 0 Å². The predicted molar refractivity (Wildman–Crippen MR) is 90.3 cm³/mol. The summed E-state index contributed by atoms with van der Waals surface area (Å²) in [5.74, 6) is 0.742. The molecule has 0 aliphatic heterocycles. The van der Waals surface area contributed by atoms with Gasteiger partial charge in [0.25, 0.3) is 0 Å². The quantitative estimate of drug-likeness (QED) is 0.720. The zero-order valence-electron chi connectivity index (χ0n) is 12.7. The number of benzene rings is 1. The minimum absolute atomic E-state index is 0.726. The molecular formula is C17H27BrN2. The van der Waals surface area contributed by atoms with Gasteiger partial charge in [0.2, 0.25) is 0 Å². The van der Waals surface area contributed by atoms with E-state index in [4.69, 9.17) is 0 Å². The summed E-state index contributed by atoms with van der Waals surface area (Å²) in [5, 5.41) is 3.70. The molecular weight excluding hydrogens is 312 g/mol. The van der Waals surface area contributed by atoms with Crippen LogP contribution in [0.2, 0.25) is 0 Å². The first-order valence-electron chi connectivity index (χ1n) is 7.94. The highest BCUT2D eigenvalue weighted by Gasteiger charge is 2.30. The van der Waals surface area contributed by atoms with Gasteiger partial charge in [-0.2, -0.15) is 0 Å². The first-order valence-corrected chi connectivity index (χ1v) is 8.74. The fraction of sp³-hybridized carbons (Fsp3) is 0.647. The molecule has 1 aromatic rings. The Balaban J connectivity index is 1.62. The summed E-state index contributed by atoms with van der Waals surface area (Å²) >= 11 is 3.66. The van der Waals surface area contributed by atoms with E-state index >= 15 is 0 Å². The van der Waals surface area contributed by atoms with Crippen molar-refractivity contribution in [1.29, 1.82) is 0 Å². The van der Waals surface area contributed by atoms with Crippen LogP contribution >= 0.6 is 15.9 Å². The van der Waals surface area contributed by atoms with E-state index in [-0.39, 0.29) is 0 Å². The van der Waals surface area contributed by atoms with Gasteiger partial charge in [0.05, 0.1) is 0 Å². The summed E-state index contributed by atoms with van der Waals surface area (Å²) in [6.07, 6.45) is 3.83. The van der Waals surface area contributed by atoms with Gasteiger partial charge in [-0.3, -0.25) is 0 Å². The van der Waals surface area contributed by atoms with Crippen LogP contribution in [-0.2, 0) is 0 Å². The molecule has 0 amide bonds. The molecule has 0 radical (unpaired) electrons. The Bertz CT molecular complexity index is 398. The third-order valence-electron chi connectivity index (χ3n) is 4.46. The molecule has 2 nitrogen and oxygen atoms in total. The van der Waals surface area contributed by atoms with Crippen LogP contribution < -0.4 is 5.32 Å². The van der Waals surface area contributed by atoms with Crippen LogP contribution in [-0.4, -0.2) is 37.1 Å². The number of rotatable bonds is 8. The van der Waals surface area contributed by atoms with Crippen molar-refractivity contribution in [3.8, 4) is 0 Å². The maximum Gasteiger partial charge on any atom is 0.0210 e. The van der Waals surface area contributed by atoms with Gasteiger partial charge in [-0.05, 0) is 63.0 Å². The van der Waals surface area contributed by atoms with E-state index in [2.05, 4.69) is 64.3 Å². The normalized spacial score (nSPS) is 22.0. The Labute approximate surface area is 132 Å². The van der Waals surface area contributed by atoms with Crippen LogP contribution in [0.5, 0.6) is 0 Å². The van der Waals surface area contributed by atoms with E-state index in [1.165, 1.54) is 48.9 Å². The molecule has 20 heavy (non-hydrogen) atoms. The molecule has 0 saturated heterocycles. The number of hydrogen-bond acceptors (Lipinski definition) is 2. The summed E-state index contributed by atoms with van der Waals surface area (Å²) in [4.78, 5) is 2.49. The fourth-order valence-corrected chi connectivity index (χ4v) is 3.60. The van der Waals surface area contributed by atoms with E-state index in [9.17, 15) is 0 Å². The zero-order chi connectivity index (χ0) is 14.4. The van der Waals surface area contributed by atoms with Crippen molar-refractivity contribution in [3.63, 3.8) is 0 Å². The molecule has 3 heteroatoms. The number of halogens is 1. The molecule has 0 unspecified atom stereocenters. The lowest BCUT2D eigenvalue weighted by Gasteiger charge is -2.37. The Kier molecular flexibility index (Phi) is 6.53. The van der Waals surface area contributed by atoms with Crippen molar-refractivity contribution in [2.75, 3.05) is 26.2 Å². The Morgan fingerprint density at radius 1 is 1.20 bits per heavy atom. The molecule has 2 rings (SSSR count). The Morgan fingerprint density at radius 2 is 1.90 bits per heavy atom. The molecule has 0 aromatic heterocycles. The van der Waals surface area contributed by atoms with E-state index in [0.717, 1.165) is 18.5 Å². The van der Waals surface area contributed by atoms with Crippen molar-refractivity contribution in [2.24, 2.45) is 0 Å². The van der Waals surface area contributed by atoms with Gasteiger partial charge < -0.3 is 10.2 Å². The van der Waals surface area contributed by atoms with Crippen LogP contribution in [0.4, 0.5) is 0 Å². The van der Waals surface area contributed by atoms with Gasteiger partial charge in [-0.15, -0.1) is 0 Å². The lowest BCUT2D eigenvalue weighted by molar-refractivity contribution is 0.267. The maximum absolute atomic E-state index is 3.70. The lowest BCUT2D eigenvalue weighted by Crippen LogP contribution is -2.41. The van der Waals surface area contributed by atoms with Crippen molar-refractivity contribution in [2.45, 2.75) is 45.1 Å². The molecule has 1 N–H and O–H groups in total. The van der Waals surface area contributed by atoms with E-state index < -0.39 is 0 Å². The third kappa shape index (κ3) is 4.31. The standard InChI is InChI=1S/C17H27BrN2/c1-3-20(4-2)11-7-10-19-15-12-14(13-15)16-8-5-6-9-17(16)18/h5-6,8-9,14-15,19H,3-4,7,10-13H2,1-2H3. The Morgan fingerprint density at radius 3 is 2.55 bits per heavy atom. The average molecular weight is 339 g/mol. The summed E-state index contributed by atoms with van der Waals surface area (Å²) in [5.41, 5.74) is 1.48. The minimum Gasteiger partial charge on any atom is -0.314 e. The smallest absolute Gasteiger partial charge is 0.0210 e. The van der Waals surface area contributed by atoms with Crippen LogP contribution in [0.3, 0.4) is 0 Å². The molecule has 0 spiro atoms. The Hall–Kier alpha value is -0.380. The second-order valence-corrected chi connectivity index (χ2v) is 6.58. The van der Waals surface area contributed by atoms with E-state index in [1.54, 1.807) is 0 Å². The number of hydrogen-bond donors (Lipinski definition) is 1. The zero-order valence-corrected chi connectivity index (χ0v) is 14.3. The fourth-order valence-electron chi connectivity index (χ4n) is 2.99. The summed E-state index contributed by atoms with van der Waals surface area (Å²) in [6.45, 7) is 9.20. The van der Waals surface area contributed by atoms with E-state index in [1.807, 2.05) is 0 Å². The van der Waals surface area contributed by atoms with Gasteiger partial charge in [0, 0.05) is 10.5 Å². The minimum atomic E-state index is 0.726. The van der Waals surface area contributed by atoms with Crippen LogP contribution in [0.25, 0.3) is 0 Å².